The molecule has 0 amide bonds. The largest absolute Gasteiger partial charge is 0.328 e. The van der Waals surface area contributed by atoms with Gasteiger partial charge in [-0.2, -0.15) is 0 Å². The molecule has 0 aliphatic carbocycles. The maximum atomic E-state index is 11.8. The van der Waals surface area contributed by atoms with Crippen LogP contribution in [0.15, 0.2) is 18.2 Å². The van der Waals surface area contributed by atoms with Crippen LogP contribution in [0.25, 0.3) is 0 Å². The smallest absolute Gasteiger partial charge is 0.232 e. The lowest BCUT2D eigenvalue weighted by Crippen LogP contribution is -2.34. The molecule has 1 aliphatic rings. The van der Waals surface area contributed by atoms with Crippen LogP contribution in [0.1, 0.15) is 25.0 Å². The number of sulfonamides is 1. The lowest BCUT2D eigenvalue weighted by molar-refractivity contribution is 0.590. The van der Waals surface area contributed by atoms with Crippen LogP contribution in [0.2, 0.25) is 0 Å². The molecule has 0 aromatic heterocycles. The van der Waals surface area contributed by atoms with Crippen LogP contribution in [0.3, 0.4) is 0 Å². The molecule has 4 nitrogen and oxygen atoms in total. The Morgan fingerprint density at radius 3 is 2.72 bits per heavy atom. The monoisotopic (exact) mass is 268 g/mol. The van der Waals surface area contributed by atoms with E-state index in [4.69, 9.17) is 5.73 Å². The molecule has 0 bridgehead atoms. The first kappa shape index (κ1) is 13.4. The molecular formula is C13H20N2O2S. The van der Waals surface area contributed by atoms with Gasteiger partial charge < -0.3 is 5.73 Å². The predicted octanol–water partition coefficient (Wildman–Crippen LogP) is 1.29. The van der Waals surface area contributed by atoms with Crippen molar-refractivity contribution in [3.05, 3.63) is 29.3 Å². The van der Waals surface area contributed by atoms with E-state index in [0.717, 1.165) is 24.1 Å². The zero-order chi connectivity index (χ0) is 13.5. The summed E-state index contributed by atoms with van der Waals surface area (Å²) in [6.07, 6.45) is 2.85. The standard InChI is InChI=1S/C13H20N2O2S/c1-9(14)6-11-4-5-13-12(8-11)7-10(2)15(13)18(3,16)17/h4-5,8-10H,6-7,14H2,1-3H3. The normalized spacial score (nSPS) is 20.9. The zero-order valence-electron chi connectivity index (χ0n) is 11.1. The van der Waals surface area contributed by atoms with Crippen LogP contribution in [0.5, 0.6) is 0 Å². The first-order valence-corrected chi connectivity index (χ1v) is 8.00. The molecule has 0 radical (unpaired) electrons. The average molecular weight is 268 g/mol. The molecule has 5 heteroatoms. The van der Waals surface area contributed by atoms with Gasteiger partial charge in [0.25, 0.3) is 0 Å². The van der Waals surface area contributed by atoms with Gasteiger partial charge in [0.15, 0.2) is 0 Å². The molecule has 1 aliphatic heterocycles. The Bertz CT molecular complexity index is 552. The third kappa shape index (κ3) is 2.52. The van der Waals surface area contributed by atoms with E-state index in [-0.39, 0.29) is 12.1 Å². The lowest BCUT2D eigenvalue weighted by Gasteiger charge is -2.22. The van der Waals surface area contributed by atoms with Crippen LogP contribution >= 0.6 is 0 Å². The number of fused-ring (bicyclic) bond motifs is 1. The van der Waals surface area contributed by atoms with Crippen molar-refractivity contribution in [2.24, 2.45) is 5.73 Å². The second-order valence-electron chi connectivity index (χ2n) is 5.26. The highest BCUT2D eigenvalue weighted by Gasteiger charge is 2.32. The van der Waals surface area contributed by atoms with E-state index in [1.165, 1.54) is 16.1 Å². The molecule has 2 rings (SSSR count). The van der Waals surface area contributed by atoms with Crippen LogP contribution in [0, 0.1) is 0 Å². The second-order valence-corrected chi connectivity index (χ2v) is 7.12. The number of rotatable bonds is 3. The summed E-state index contributed by atoms with van der Waals surface area (Å²) in [4.78, 5) is 0. The number of benzene rings is 1. The van der Waals surface area contributed by atoms with Crippen LogP contribution < -0.4 is 10.0 Å². The van der Waals surface area contributed by atoms with Crippen molar-refractivity contribution in [3.63, 3.8) is 0 Å². The number of nitrogens with two attached hydrogens (primary N) is 1. The minimum absolute atomic E-state index is 0.000509. The SMILES string of the molecule is CC(N)Cc1ccc2c(c1)CC(C)N2S(C)(=O)=O. The van der Waals surface area contributed by atoms with E-state index < -0.39 is 10.0 Å². The fraction of sp³-hybridized carbons (Fsp3) is 0.538. The summed E-state index contributed by atoms with van der Waals surface area (Å²) in [6.45, 7) is 3.91. The molecule has 0 saturated carbocycles. The Hall–Kier alpha value is -1.07. The Balaban J connectivity index is 2.38. The van der Waals surface area contributed by atoms with Crippen molar-refractivity contribution in [3.8, 4) is 0 Å². The first-order chi connectivity index (χ1) is 8.29. The summed E-state index contributed by atoms with van der Waals surface area (Å²) >= 11 is 0. The molecule has 18 heavy (non-hydrogen) atoms. The summed E-state index contributed by atoms with van der Waals surface area (Å²) in [5.74, 6) is 0. The highest BCUT2D eigenvalue weighted by atomic mass is 32.2. The van der Waals surface area contributed by atoms with E-state index in [9.17, 15) is 8.42 Å². The molecule has 1 aromatic rings. The number of nitrogens with zero attached hydrogens (tertiary/aromatic N) is 1. The molecular weight excluding hydrogens is 248 g/mol. The van der Waals surface area contributed by atoms with E-state index in [2.05, 4.69) is 6.07 Å². The highest BCUT2D eigenvalue weighted by Crippen LogP contribution is 2.34. The Morgan fingerprint density at radius 2 is 2.17 bits per heavy atom. The second kappa shape index (κ2) is 4.55. The number of hydrogen-bond acceptors (Lipinski definition) is 3. The maximum absolute atomic E-state index is 11.8. The maximum Gasteiger partial charge on any atom is 0.232 e. The first-order valence-electron chi connectivity index (χ1n) is 6.16. The van der Waals surface area contributed by atoms with Gasteiger partial charge in [0, 0.05) is 12.1 Å². The number of anilines is 1. The van der Waals surface area contributed by atoms with Gasteiger partial charge in [0.1, 0.15) is 0 Å². The van der Waals surface area contributed by atoms with Crippen LogP contribution in [0.4, 0.5) is 5.69 Å². The van der Waals surface area contributed by atoms with Gasteiger partial charge in [-0.1, -0.05) is 12.1 Å². The quantitative estimate of drug-likeness (QED) is 0.898. The van der Waals surface area contributed by atoms with Crippen molar-refractivity contribution in [2.75, 3.05) is 10.6 Å². The van der Waals surface area contributed by atoms with Gasteiger partial charge in [-0.3, -0.25) is 4.31 Å². The average Bonchev–Trinajstić information content (AvgIpc) is 2.51. The van der Waals surface area contributed by atoms with E-state index in [0.29, 0.717) is 0 Å². The van der Waals surface area contributed by atoms with Crippen molar-refractivity contribution in [1.82, 2.24) is 0 Å². The number of hydrogen-bond donors (Lipinski definition) is 1. The van der Waals surface area contributed by atoms with Crippen LogP contribution in [-0.2, 0) is 22.9 Å². The van der Waals surface area contributed by atoms with Gasteiger partial charge in [-0.05, 0) is 43.9 Å². The molecule has 1 heterocycles. The van der Waals surface area contributed by atoms with Crippen molar-refractivity contribution in [2.45, 2.75) is 38.8 Å². The molecule has 1 aromatic carbocycles. The predicted molar refractivity (Wildman–Crippen MR) is 74.3 cm³/mol. The van der Waals surface area contributed by atoms with Crippen molar-refractivity contribution < 1.29 is 8.42 Å². The molecule has 100 valence electrons. The zero-order valence-corrected chi connectivity index (χ0v) is 11.9. The topological polar surface area (TPSA) is 63.4 Å². The lowest BCUT2D eigenvalue weighted by atomic mass is 10.0. The molecule has 0 saturated heterocycles. The minimum Gasteiger partial charge on any atom is -0.328 e. The molecule has 2 unspecified atom stereocenters. The van der Waals surface area contributed by atoms with Gasteiger partial charge in [-0.25, -0.2) is 8.42 Å². The van der Waals surface area contributed by atoms with Gasteiger partial charge in [0.05, 0.1) is 11.9 Å². The van der Waals surface area contributed by atoms with Gasteiger partial charge >= 0.3 is 0 Å². The minimum atomic E-state index is -3.19. The Labute approximate surface area is 109 Å². The van der Waals surface area contributed by atoms with Crippen LogP contribution in [-0.4, -0.2) is 26.8 Å². The Kier molecular flexibility index (Phi) is 3.38. The van der Waals surface area contributed by atoms with Gasteiger partial charge in [0.2, 0.25) is 10.0 Å². The summed E-state index contributed by atoms with van der Waals surface area (Å²) in [7, 11) is -3.19. The third-order valence-corrected chi connectivity index (χ3v) is 4.48. The van der Waals surface area contributed by atoms with Crippen molar-refractivity contribution >= 4 is 15.7 Å². The summed E-state index contributed by atoms with van der Waals surface area (Å²) in [5.41, 5.74) is 8.88. The summed E-state index contributed by atoms with van der Waals surface area (Å²) in [6, 6.07) is 6.07. The summed E-state index contributed by atoms with van der Waals surface area (Å²) < 4.78 is 25.1. The molecule has 2 atom stereocenters. The highest BCUT2D eigenvalue weighted by molar-refractivity contribution is 7.92. The summed E-state index contributed by atoms with van der Waals surface area (Å²) in [5, 5.41) is 0. The van der Waals surface area contributed by atoms with E-state index in [1.807, 2.05) is 26.0 Å². The van der Waals surface area contributed by atoms with E-state index >= 15 is 0 Å². The fourth-order valence-corrected chi connectivity index (χ4v) is 3.92. The van der Waals surface area contributed by atoms with Gasteiger partial charge in [-0.15, -0.1) is 0 Å². The molecule has 0 fully saturated rings. The molecule has 2 N–H and O–H groups in total. The van der Waals surface area contributed by atoms with Crippen molar-refractivity contribution in [1.29, 1.82) is 0 Å². The third-order valence-electron chi connectivity index (χ3n) is 3.21. The fourth-order valence-electron chi connectivity index (χ4n) is 2.66. The van der Waals surface area contributed by atoms with E-state index in [1.54, 1.807) is 0 Å². The Morgan fingerprint density at radius 1 is 1.50 bits per heavy atom. The molecule has 0 spiro atoms.